The summed E-state index contributed by atoms with van der Waals surface area (Å²) in [5.74, 6) is -0.116. The average molecular weight is 322 g/mol. The maximum atomic E-state index is 12.2. The number of rotatable bonds is 6. The van der Waals surface area contributed by atoms with E-state index >= 15 is 0 Å². The van der Waals surface area contributed by atoms with Crippen molar-refractivity contribution in [2.75, 3.05) is 11.4 Å². The van der Waals surface area contributed by atoms with Gasteiger partial charge in [-0.3, -0.25) is 9.78 Å². The van der Waals surface area contributed by atoms with Crippen LogP contribution in [0.15, 0.2) is 35.9 Å². The van der Waals surface area contributed by atoms with Crippen LogP contribution in [0.4, 0.5) is 5.69 Å². The van der Waals surface area contributed by atoms with Crippen LogP contribution in [0, 0.1) is 0 Å². The molecule has 2 aromatic heterocycles. The molecule has 2 heterocycles. The maximum Gasteiger partial charge on any atom is 0.227 e. The summed E-state index contributed by atoms with van der Waals surface area (Å²) in [5, 5.41) is 15.7. The van der Waals surface area contributed by atoms with Crippen LogP contribution in [0.2, 0.25) is 5.15 Å². The Morgan fingerprint density at radius 3 is 3.05 bits per heavy atom. The highest BCUT2D eigenvalue weighted by Gasteiger charge is 2.19. The molecule has 0 aliphatic heterocycles. The molecule has 0 atom stereocenters. The first-order valence-electron chi connectivity index (χ1n) is 6.79. The summed E-state index contributed by atoms with van der Waals surface area (Å²) in [7, 11) is 0. The van der Waals surface area contributed by atoms with E-state index in [0.717, 1.165) is 5.69 Å². The molecule has 0 bridgehead atoms. The molecule has 0 saturated carbocycles. The molecular formula is C14H16ClN5O2. The Hall–Kier alpha value is -2.41. The lowest BCUT2D eigenvalue weighted by Gasteiger charge is -2.18. The normalized spacial score (nSPS) is 11.0. The van der Waals surface area contributed by atoms with Crippen molar-refractivity contribution in [1.29, 1.82) is 0 Å². The number of anilines is 1. The van der Waals surface area contributed by atoms with Crippen LogP contribution in [0.3, 0.4) is 0 Å². The largest absolute Gasteiger partial charge is 0.411 e. The molecule has 8 heteroatoms. The van der Waals surface area contributed by atoms with Gasteiger partial charge in [0.15, 0.2) is 5.15 Å². The standard InChI is InChI=1S/C14H16ClN5O2/c1-2-19(13(21)6-4-8-17-22)12-10-20(18-14(12)15)11-5-3-7-16-9-11/h3,5,7-10,22H,2,4,6H2,1H3/b17-8-. The molecule has 0 spiro atoms. The Morgan fingerprint density at radius 2 is 2.41 bits per heavy atom. The number of amides is 1. The molecular weight excluding hydrogens is 306 g/mol. The van der Waals surface area contributed by atoms with Gasteiger partial charge in [-0.2, -0.15) is 5.10 Å². The predicted octanol–water partition coefficient (Wildman–Crippen LogP) is 2.51. The van der Waals surface area contributed by atoms with Gasteiger partial charge in [-0.25, -0.2) is 4.68 Å². The number of carbonyl (C=O) groups is 1. The third-order valence-electron chi connectivity index (χ3n) is 3.04. The molecule has 7 nitrogen and oxygen atoms in total. The minimum atomic E-state index is -0.116. The molecule has 2 aromatic rings. The number of hydrogen-bond acceptors (Lipinski definition) is 5. The van der Waals surface area contributed by atoms with E-state index < -0.39 is 0 Å². The van der Waals surface area contributed by atoms with Gasteiger partial charge in [0, 0.05) is 25.4 Å². The fraction of sp³-hybridized carbons (Fsp3) is 0.286. The summed E-state index contributed by atoms with van der Waals surface area (Å²) in [6.45, 7) is 2.32. The third kappa shape index (κ3) is 3.62. The highest BCUT2D eigenvalue weighted by molar-refractivity contribution is 6.32. The van der Waals surface area contributed by atoms with Crippen molar-refractivity contribution in [1.82, 2.24) is 14.8 Å². The summed E-state index contributed by atoms with van der Waals surface area (Å²) in [4.78, 5) is 17.8. The van der Waals surface area contributed by atoms with Crippen molar-refractivity contribution in [3.8, 4) is 5.69 Å². The molecule has 116 valence electrons. The maximum absolute atomic E-state index is 12.2. The number of nitrogens with zero attached hydrogens (tertiary/aromatic N) is 5. The SMILES string of the molecule is CCN(C(=O)CC/C=N\O)c1cn(-c2cccnc2)nc1Cl. The van der Waals surface area contributed by atoms with Gasteiger partial charge >= 0.3 is 0 Å². The first-order chi connectivity index (χ1) is 10.7. The van der Waals surface area contributed by atoms with Crippen LogP contribution in [0.25, 0.3) is 5.69 Å². The van der Waals surface area contributed by atoms with Crippen molar-refractivity contribution in [3.05, 3.63) is 35.9 Å². The van der Waals surface area contributed by atoms with Crippen molar-refractivity contribution < 1.29 is 10.0 Å². The predicted molar refractivity (Wildman–Crippen MR) is 83.9 cm³/mol. The van der Waals surface area contributed by atoms with Crippen LogP contribution in [-0.2, 0) is 4.79 Å². The average Bonchev–Trinajstić information content (AvgIpc) is 2.91. The molecule has 0 aliphatic carbocycles. The van der Waals surface area contributed by atoms with Gasteiger partial charge in [0.2, 0.25) is 5.91 Å². The van der Waals surface area contributed by atoms with Crippen LogP contribution in [0.5, 0.6) is 0 Å². The van der Waals surface area contributed by atoms with E-state index in [-0.39, 0.29) is 17.5 Å². The fourth-order valence-corrected chi connectivity index (χ4v) is 2.24. The van der Waals surface area contributed by atoms with Crippen LogP contribution in [-0.4, -0.2) is 38.6 Å². The molecule has 0 aliphatic rings. The number of halogens is 1. The van der Waals surface area contributed by atoms with Crippen LogP contribution in [0.1, 0.15) is 19.8 Å². The molecule has 0 saturated heterocycles. The van der Waals surface area contributed by atoms with E-state index in [9.17, 15) is 4.79 Å². The van der Waals surface area contributed by atoms with Crippen molar-refractivity contribution >= 4 is 29.4 Å². The van der Waals surface area contributed by atoms with Crippen LogP contribution >= 0.6 is 11.6 Å². The summed E-state index contributed by atoms with van der Waals surface area (Å²) in [5.41, 5.74) is 1.30. The Kier molecular flexibility index (Phi) is 5.48. The van der Waals surface area contributed by atoms with E-state index in [1.165, 1.54) is 6.21 Å². The summed E-state index contributed by atoms with van der Waals surface area (Å²) in [6.07, 6.45) is 6.89. The second-order valence-electron chi connectivity index (χ2n) is 4.44. The van der Waals surface area contributed by atoms with E-state index in [4.69, 9.17) is 16.8 Å². The van der Waals surface area contributed by atoms with Gasteiger partial charge in [-0.1, -0.05) is 11.6 Å². The zero-order valence-electron chi connectivity index (χ0n) is 12.1. The molecule has 2 rings (SSSR count). The highest BCUT2D eigenvalue weighted by Crippen LogP contribution is 2.26. The molecule has 0 unspecified atom stereocenters. The minimum absolute atomic E-state index is 0.116. The zero-order chi connectivity index (χ0) is 15.9. The molecule has 1 N–H and O–H groups in total. The first-order valence-corrected chi connectivity index (χ1v) is 7.17. The van der Waals surface area contributed by atoms with Gasteiger partial charge in [0.05, 0.1) is 18.1 Å². The molecule has 22 heavy (non-hydrogen) atoms. The van der Waals surface area contributed by atoms with Gasteiger partial charge < -0.3 is 10.1 Å². The van der Waals surface area contributed by atoms with E-state index in [1.807, 2.05) is 13.0 Å². The number of carbonyl (C=O) groups excluding carboxylic acids is 1. The molecule has 0 fully saturated rings. The number of hydrogen-bond donors (Lipinski definition) is 1. The lowest BCUT2D eigenvalue weighted by atomic mass is 10.3. The lowest BCUT2D eigenvalue weighted by molar-refractivity contribution is -0.118. The Balaban J connectivity index is 2.23. The number of oxime groups is 1. The van der Waals surface area contributed by atoms with Crippen LogP contribution < -0.4 is 4.90 Å². The first kappa shape index (κ1) is 16.0. The number of pyridine rings is 1. The highest BCUT2D eigenvalue weighted by atomic mass is 35.5. The zero-order valence-corrected chi connectivity index (χ0v) is 12.8. The monoisotopic (exact) mass is 321 g/mol. The van der Waals surface area contributed by atoms with E-state index in [1.54, 1.807) is 34.2 Å². The molecule has 0 aromatic carbocycles. The number of aromatic nitrogens is 3. The van der Waals surface area contributed by atoms with E-state index in [2.05, 4.69) is 15.2 Å². The Morgan fingerprint density at radius 1 is 1.59 bits per heavy atom. The lowest BCUT2D eigenvalue weighted by Crippen LogP contribution is -2.30. The van der Waals surface area contributed by atoms with Gasteiger partial charge in [-0.05, 0) is 25.5 Å². The quantitative estimate of drug-likeness (QED) is 0.503. The van der Waals surface area contributed by atoms with Gasteiger partial charge in [-0.15, -0.1) is 5.16 Å². The van der Waals surface area contributed by atoms with Crippen molar-refractivity contribution in [2.24, 2.45) is 5.16 Å². The fourth-order valence-electron chi connectivity index (χ4n) is 2.01. The summed E-state index contributed by atoms with van der Waals surface area (Å²) >= 11 is 6.16. The van der Waals surface area contributed by atoms with Crippen molar-refractivity contribution in [3.63, 3.8) is 0 Å². The van der Waals surface area contributed by atoms with Gasteiger partial charge in [0.25, 0.3) is 0 Å². The van der Waals surface area contributed by atoms with E-state index in [0.29, 0.717) is 18.7 Å². The second-order valence-corrected chi connectivity index (χ2v) is 4.79. The Labute approximate surface area is 132 Å². The second kappa shape index (κ2) is 7.56. The van der Waals surface area contributed by atoms with Gasteiger partial charge in [0.1, 0.15) is 5.69 Å². The summed E-state index contributed by atoms with van der Waals surface area (Å²) in [6, 6.07) is 3.64. The smallest absolute Gasteiger partial charge is 0.227 e. The molecule has 0 radical (unpaired) electrons. The minimum Gasteiger partial charge on any atom is -0.411 e. The Bertz CT molecular complexity index is 657. The summed E-state index contributed by atoms with van der Waals surface area (Å²) < 4.78 is 1.58. The third-order valence-corrected chi connectivity index (χ3v) is 3.31. The molecule has 1 amide bonds. The topological polar surface area (TPSA) is 83.6 Å². The van der Waals surface area contributed by atoms with Crippen molar-refractivity contribution in [2.45, 2.75) is 19.8 Å².